The number of hydrogen-bond acceptors (Lipinski definition) is 4. The fourth-order valence-electron chi connectivity index (χ4n) is 0.800. The van der Waals surface area contributed by atoms with Gasteiger partial charge in [0.1, 0.15) is 5.15 Å². The number of halogens is 1. The molecule has 0 spiro atoms. The molecule has 0 N–H and O–H groups in total. The molecule has 5 heteroatoms. The minimum absolute atomic E-state index is 0.120. The molecular weight excluding hydrogens is 208 g/mol. The van der Waals surface area contributed by atoms with Crippen LogP contribution in [0, 0.1) is 0 Å². The van der Waals surface area contributed by atoms with Crippen molar-refractivity contribution in [2.75, 3.05) is 5.75 Å². The van der Waals surface area contributed by atoms with Crippen LogP contribution in [-0.2, 0) is 11.2 Å². The third-order valence-corrected chi connectivity index (χ3v) is 2.32. The SMILES string of the molecule is CC(=O)SCCc1cncc(Cl)n1. The summed E-state index contributed by atoms with van der Waals surface area (Å²) in [7, 11) is 0. The van der Waals surface area contributed by atoms with Crippen LogP contribution < -0.4 is 0 Å². The molecule has 0 aliphatic carbocycles. The summed E-state index contributed by atoms with van der Waals surface area (Å²) in [4.78, 5) is 18.5. The maximum absolute atomic E-state index is 10.6. The van der Waals surface area contributed by atoms with E-state index in [0.717, 1.165) is 17.9 Å². The largest absolute Gasteiger partial charge is 0.288 e. The maximum Gasteiger partial charge on any atom is 0.185 e. The quantitative estimate of drug-likeness (QED) is 0.775. The molecule has 0 saturated carbocycles. The highest BCUT2D eigenvalue weighted by Crippen LogP contribution is 2.07. The van der Waals surface area contributed by atoms with Gasteiger partial charge in [-0.1, -0.05) is 23.4 Å². The van der Waals surface area contributed by atoms with Crippen LogP contribution in [0.15, 0.2) is 12.4 Å². The summed E-state index contributed by atoms with van der Waals surface area (Å²) in [6.07, 6.45) is 3.87. The van der Waals surface area contributed by atoms with E-state index < -0.39 is 0 Å². The number of nitrogens with zero attached hydrogens (tertiary/aromatic N) is 2. The normalized spacial score (nSPS) is 10.0. The molecular formula is C8H9ClN2OS. The standard InChI is InChI=1S/C8H9ClN2OS/c1-6(12)13-3-2-7-4-10-5-8(9)11-7/h4-5H,2-3H2,1H3. The lowest BCUT2D eigenvalue weighted by Gasteiger charge is -1.98. The number of carbonyl (C=O) groups is 1. The van der Waals surface area contributed by atoms with Gasteiger partial charge in [-0.25, -0.2) is 4.98 Å². The van der Waals surface area contributed by atoms with E-state index >= 15 is 0 Å². The zero-order chi connectivity index (χ0) is 9.68. The third kappa shape index (κ3) is 4.24. The molecule has 1 rings (SSSR count). The Labute approximate surface area is 85.9 Å². The maximum atomic E-state index is 10.6. The molecule has 70 valence electrons. The van der Waals surface area contributed by atoms with Gasteiger partial charge in [0.15, 0.2) is 5.12 Å². The van der Waals surface area contributed by atoms with Crippen molar-refractivity contribution in [1.82, 2.24) is 9.97 Å². The number of thioether (sulfide) groups is 1. The lowest BCUT2D eigenvalue weighted by Crippen LogP contribution is -1.95. The average molecular weight is 217 g/mol. The molecule has 3 nitrogen and oxygen atoms in total. The highest BCUT2D eigenvalue weighted by atomic mass is 35.5. The van der Waals surface area contributed by atoms with Gasteiger partial charge in [-0.2, -0.15) is 0 Å². The molecule has 0 aliphatic heterocycles. The van der Waals surface area contributed by atoms with Crippen molar-refractivity contribution in [1.29, 1.82) is 0 Å². The Hall–Kier alpha value is -0.610. The third-order valence-electron chi connectivity index (χ3n) is 1.32. The number of aryl methyl sites for hydroxylation is 1. The van der Waals surface area contributed by atoms with Crippen molar-refractivity contribution in [2.24, 2.45) is 0 Å². The van der Waals surface area contributed by atoms with E-state index in [1.807, 2.05) is 0 Å². The average Bonchev–Trinajstić information content (AvgIpc) is 2.03. The highest BCUT2D eigenvalue weighted by Gasteiger charge is 1.98. The van der Waals surface area contributed by atoms with Crippen LogP contribution in [0.3, 0.4) is 0 Å². The van der Waals surface area contributed by atoms with Gasteiger partial charge in [-0.05, 0) is 0 Å². The second-order valence-electron chi connectivity index (χ2n) is 2.42. The minimum Gasteiger partial charge on any atom is -0.288 e. The van der Waals surface area contributed by atoms with Crippen molar-refractivity contribution in [2.45, 2.75) is 13.3 Å². The van der Waals surface area contributed by atoms with Crippen molar-refractivity contribution in [3.05, 3.63) is 23.2 Å². The van der Waals surface area contributed by atoms with Gasteiger partial charge in [0.05, 0.1) is 11.9 Å². The second-order valence-corrected chi connectivity index (χ2v) is 4.08. The summed E-state index contributed by atoms with van der Waals surface area (Å²) in [5.41, 5.74) is 0.821. The Kier molecular flexibility index (Phi) is 4.18. The van der Waals surface area contributed by atoms with E-state index in [9.17, 15) is 4.79 Å². The van der Waals surface area contributed by atoms with Crippen LogP contribution in [0.25, 0.3) is 0 Å². The van der Waals surface area contributed by atoms with Gasteiger partial charge in [0.2, 0.25) is 0 Å². The Balaban J connectivity index is 2.41. The van der Waals surface area contributed by atoms with Crippen LogP contribution >= 0.6 is 23.4 Å². The molecule has 1 heterocycles. The monoisotopic (exact) mass is 216 g/mol. The molecule has 0 atom stereocenters. The van der Waals surface area contributed by atoms with E-state index in [0.29, 0.717) is 5.15 Å². The second kappa shape index (κ2) is 5.19. The van der Waals surface area contributed by atoms with Crippen LogP contribution in [-0.4, -0.2) is 20.8 Å². The van der Waals surface area contributed by atoms with Gasteiger partial charge in [-0.3, -0.25) is 9.78 Å². The molecule has 0 aliphatic rings. The van der Waals surface area contributed by atoms with E-state index in [4.69, 9.17) is 11.6 Å². The van der Waals surface area contributed by atoms with Gasteiger partial charge < -0.3 is 0 Å². The van der Waals surface area contributed by atoms with E-state index in [1.54, 1.807) is 13.1 Å². The number of carbonyl (C=O) groups excluding carboxylic acids is 1. The van der Waals surface area contributed by atoms with Crippen molar-refractivity contribution >= 4 is 28.5 Å². The molecule has 1 aromatic heterocycles. The topological polar surface area (TPSA) is 42.9 Å². The molecule has 1 aromatic rings. The molecule has 0 radical (unpaired) electrons. The van der Waals surface area contributed by atoms with Gasteiger partial charge in [0.25, 0.3) is 0 Å². The number of aromatic nitrogens is 2. The Bertz CT molecular complexity index is 306. The first-order chi connectivity index (χ1) is 6.18. The summed E-state index contributed by atoms with van der Waals surface area (Å²) in [5.74, 6) is 0.727. The Morgan fingerprint density at radius 1 is 1.62 bits per heavy atom. The Morgan fingerprint density at radius 2 is 2.38 bits per heavy atom. The minimum atomic E-state index is 0.120. The molecule has 0 aromatic carbocycles. The first-order valence-electron chi connectivity index (χ1n) is 3.78. The van der Waals surface area contributed by atoms with E-state index in [1.165, 1.54) is 18.0 Å². The number of rotatable bonds is 3. The van der Waals surface area contributed by atoms with Gasteiger partial charge in [0, 0.05) is 25.3 Å². The summed E-state index contributed by atoms with van der Waals surface area (Å²) >= 11 is 6.92. The smallest absolute Gasteiger partial charge is 0.185 e. The predicted molar refractivity (Wildman–Crippen MR) is 53.9 cm³/mol. The zero-order valence-corrected chi connectivity index (χ0v) is 8.73. The molecule has 0 bridgehead atoms. The van der Waals surface area contributed by atoms with Crippen molar-refractivity contribution in [3.63, 3.8) is 0 Å². The van der Waals surface area contributed by atoms with Crippen LogP contribution in [0.4, 0.5) is 0 Å². The predicted octanol–water partition coefficient (Wildman–Crippen LogP) is 1.95. The van der Waals surface area contributed by atoms with Crippen LogP contribution in [0.1, 0.15) is 12.6 Å². The lowest BCUT2D eigenvalue weighted by atomic mass is 10.4. The van der Waals surface area contributed by atoms with Crippen molar-refractivity contribution in [3.8, 4) is 0 Å². The van der Waals surface area contributed by atoms with E-state index in [2.05, 4.69) is 9.97 Å². The molecule has 0 amide bonds. The summed E-state index contributed by atoms with van der Waals surface area (Å²) in [5, 5.41) is 0.514. The summed E-state index contributed by atoms with van der Waals surface area (Å²) in [6, 6.07) is 0. The summed E-state index contributed by atoms with van der Waals surface area (Å²) < 4.78 is 0. The Morgan fingerprint density at radius 3 is 3.00 bits per heavy atom. The fourth-order valence-corrected chi connectivity index (χ4v) is 1.56. The first-order valence-corrected chi connectivity index (χ1v) is 5.14. The van der Waals surface area contributed by atoms with Crippen molar-refractivity contribution < 1.29 is 4.79 Å². The zero-order valence-electron chi connectivity index (χ0n) is 7.16. The van der Waals surface area contributed by atoms with Crippen LogP contribution in [0.5, 0.6) is 0 Å². The fraction of sp³-hybridized carbons (Fsp3) is 0.375. The lowest BCUT2D eigenvalue weighted by molar-refractivity contribution is -0.109. The van der Waals surface area contributed by atoms with Gasteiger partial charge >= 0.3 is 0 Å². The molecule has 0 saturated heterocycles. The molecule has 13 heavy (non-hydrogen) atoms. The van der Waals surface area contributed by atoms with Crippen LogP contribution in [0.2, 0.25) is 5.15 Å². The highest BCUT2D eigenvalue weighted by molar-refractivity contribution is 8.13. The molecule has 0 fully saturated rings. The first kappa shape index (κ1) is 10.5. The van der Waals surface area contributed by atoms with Gasteiger partial charge in [-0.15, -0.1) is 0 Å². The summed E-state index contributed by atoms with van der Waals surface area (Å²) in [6.45, 7) is 1.55. The van der Waals surface area contributed by atoms with E-state index in [-0.39, 0.29) is 5.12 Å². The molecule has 0 unspecified atom stereocenters. The number of hydrogen-bond donors (Lipinski definition) is 0.